The zero-order chi connectivity index (χ0) is 23.5. The molecule has 6 heteroatoms. The van der Waals surface area contributed by atoms with Gasteiger partial charge in [0, 0.05) is 6.54 Å². The van der Waals surface area contributed by atoms with Crippen LogP contribution in [0.15, 0.2) is 78.4 Å². The van der Waals surface area contributed by atoms with E-state index >= 15 is 0 Å². The smallest absolute Gasteiger partial charge is 0.295 e. The van der Waals surface area contributed by atoms with Crippen LogP contribution in [0.2, 0.25) is 0 Å². The van der Waals surface area contributed by atoms with Crippen LogP contribution in [0.1, 0.15) is 28.3 Å². The molecule has 168 valence electrons. The van der Waals surface area contributed by atoms with Crippen LogP contribution in [-0.4, -0.2) is 35.9 Å². The van der Waals surface area contributed by atoms with Gasteiger partial charge in [0.1, 0.15) is 17.3 Å². The van der Waals surface area contributed by atoms with Gasteiger partial charge in [-0.3, -0.25) is 9.59 Å². The summed E-state index contributed by atoms with van der Waals surface area (Å²) in [5, 5.41) is 11.3. The lowest BCUT2D eigenvalue weighted by Gasteiger charge is -2.26. The fourth-order valence-electron chi connectivity index (χ4n) is 4.14. The third-order valence-electron chi connectivity index (χ3n) is 5.77. The van der Waals surface area contributed by atoms with Crippen molar-refractivity contribution in [2.24, 2.45) is 0 Å². The van der Waals surface area contributed by atoms with Crippen molar-refractivity contribution in [1.29, 1.82) is 0 Å². The van der Waals surface area contributed by atoms with Crippen LogP contribution in [0, 0.1) is 6.92 Å². The molecule has 4 rings (SSSR count). The van der Waals surface area contributed by atoms with E-state index in [9.17, 15) is 14.7 Å². The first-order chi connectivity index (χ1) is 15.9. The second-order valence-electron chi connectivity index (χ2n) is 7.89. The number of benzene rings is 3. The number of aliphatic hydroxyl groups excluding tert-OH is 1. The number of hydrogen-bond acceptors (Lipinski definition) is 5. The predicted molar refractivity (Wildman–Crippen MR) is 125 cm³/mol. The lowest BCUT2D eigenvalue weighted by atomic mass is 9.94. The van der Waals surface area contributed by atoms with Crippen molar-refractivity contribution in [3.8, 4) is 11.5 Å². The number of nitrogens with zero attached hydrogens (tertiary/aromatic N) is 1. The Labute approximate surface area is 192 Å². The summed E-state index contributed by atoms with van der Waals surface area (Å²) in [5.41, 5.74) is 2.98. The number of Topliss-reactive ketones (excluding diaryl/α,β-unsaturated/α-hetero) is 1. The molecule has 0 aromatic heterocycles. The molecule has 1 heterocycles. The maximum Gasteiger partial charge on any atom is 0.295 e. The molecule has 0 saturated carbocycles. The number of likely N-dealkylation sites (tertiary alicyclic amines) is 1. The standard InChI is InChI=1S/C27H25NO5/c1-17-7-6-8-19(15-17)24-23(25(29)21-9-4-5-10-22(21)33-3)26(30)27(31)28(24)16-18-11-13-20(32-2)14-12-18/h4-15,24,29H,16H2,1-3H3/b25-23-. The number of para-hydroxylation sites is 1. The summed E-state index contributed by atoms with van der Waals surface area (Å²) < 4.78 is 10.6. The van der Waals surface area contributed by atoms with Crippen molar-refractivity contribution < 1.29 is 24.2 Å². The van der Waals surface area contributed by atoms with Gasteiger partial charge in [0.2, 0.25) is 0 Å². The second-order valence-corrected chi connectivity index (χ2v) is 7.89. The minimum absolute atomic E-state index is 0.0450. The number of carbonyl (C=O) groups excluding carboxylic acids is 2. The van der Waals surface area contributed by atoms with E-state index in [1.54, 1.807) is 31.4 Å². The number of aliphatic hydroxyl groups is 1. The van der Waals surface area contributed by atoms with E-state index in [0.29, 0.717) is 17.1 Å². The summed E-state index contributed by atoms with van der Waals surface area (Å²) in [4.78, 5) is 27.9. The first kappa shape index (κ1) is 22.1. The van der Waals surface area contributed by atoms with Gasteiger partial charge in [-0.2, -0.15) is 0 Å². The maximum absolute atomic E-state index is 13.2. The monoisotopic (exact) mass is 443 g/mol. The van der Waals surface area contributed by atoms with E-state index in [0.717, 1.165) is 16.7 Å². The topological polar surface area (TPSA) is 76.1 Å². The van der Waals surface area contributed by atoms with Crippen molar-refractivity contribution in [1.82, 2.24) is 4.90 Å². The van der Waals surface area contributed by atoms with Crippen molar-refractivity contribution in [2.75, 3.05) is 14.2 Å². The van der Waals surface area contributed by atoms with Crippen LogP contribution >= 0.6 is 0 Å². The van der Waals surface area contributed by atoms with Crippen molar-refractivity contribution in [3.05, 3.63) is 101 Å². The molecule has 0 bridgehead atoms. The Kier molecular flexibility index (Phi) is 6.18. The van der Waals surface area contributed by atoms with Crippen LogP contribution in [0.25, 0.3) is 5.76 Å². The Balaban J connectivity index is 1.86. The lowest BCUT2D eigenvalue weighted by molar-refractivity contribution is -0.140. The van der Waals surface area contributed by atoms with Gasteiger partial charge in [0.15, 0.2) is 0 Å². The fraction of sp³-hybridized carbons (Fsp3) is 0.185. The largest absolute Gasteiger partial charge is 0.507 e. The number of amides is 1. The van der Waals surface area contributed by atoms with Gasteiger partial charge in [-0.25, -0.2) is 0 Å². The molecular formula is C27H25NO5. The predicted octanol–water partition coefficient (Wildman–Crippen LogP) is 4.63. The first-order valence-electron chi connectivity index (χ1n) is 10.6. The molecule has 1 unspecified atom stereocenters. The summed E-state index contributed by atoms with van der Waals surface area (Å²) in [6.07, 6.45) is 0. The molecular weight excluding hydrogens is 418 g/mol. The Morgan fingerprint density at radius 3 is 2.33 bits per heavy atom. The molecule has 3 aromatic rings. The van der Waals surface area contributed by atoms with Gasteiger partial charge in [-0.1, -0.05) is 54.1 Å². The summed E-state index contributed by atoms with van der Waals surface area (Å²) in [5.74, 6) is -0.520. The zero-order valence-corrected chi connectivity index (χ0v) is 18.7. The van der Waals surface area contributed by atoms with Crippen LogP contribution < -0.4 is 9.47 Å². The molecule has 1 aliphatic rings. The Hall–Kier alpha value is -4.06. The van der Waals surface area contributed by atoms with Crippen LogP contribution in [0.3, 0.4) is 0 Å². The van der Waals surface area contributed by atoms with E-state index in [1.165, 1.54) is 12.0 Å². The normalized spacial score (nSPS) is 17.3. The molecule has 1 amide bonds. The molecule has 6 nitrogen and oxygen atoms in total. The highest BCUT2D eigenvalue weighted by Gasteiger charge is 2.46. The number of aryl methyl sites for hydroxylation is 1. The molecule has 3 aromatic carbocycles. The van der Waals surface area contributed by atoms with E-state index in [1.807, 2.05) is 55.5 Å². The molecule has 33 heavy (non-hydrogen) atoms. The van der Waals surface area contributed by atoms with Crippen LogP contribution in [-0.2, 0) is 16.1 Å². The van der Waals surface area contributed by atoms with E-state index < -0.39 is 17.7 Å². The first-order valence-corrected chi connectivity index (χ1v) is 10.6. The fourth-order valence-corrected chi connectivity index (χ4v) is 4.14. The quantitative estimate of drug-likeness (QED) is 0.341. The zero-order valence-electron chi connectivity index (χ0n) is 18.7. The van der Waals surface area contributed by atoms with Crippen LogP contribution in [0.4, 0.5) is 0 Å². The van der Waals surface area contributed by atoms with E-state index in [-0.39, 0.29) is 17.9 Å². The maximum atomic E-state index is 13.2. The molecule has 0 aliphatic carbocycles. The highest BCUT2D eigenvalue weighted by molar-refractivity contribution is 6.46. The van der Waals surface area contributed by atoms with Gasteiger partial charge in [-0.05, 0) is 42.3 Å². The number of carbonyl (C=O) groups is 2. The van der Waals surface area contributed by atoms with Crippen molar-refractivity contribution >= 4 is 17.4 Å². The molecule has 0 spiro atoms. The third-order valence-corrected chi connectivity index (χ3v) is 5.77. The minimum atomic E-state index is -0.739. The highest BCUT2D eigenvalue weighted by Crippen LogP contribution is 2.41. The molecule has 1 saturated heterocycles. The summed E-state index contributed by atoms with van der Waals surface area (Å²) in [6, 6.07) is 21.1. The average molecular weight is 443 g/mol. The molecule has 1 aliphatic heterocycles. The molecule has 0 radical (unpaired) electrons. The molecule has 1 atom stereocenters. The van der Waals surface area contributed by atoms with Crippen molar-refractivity contribution in [3.63, 3.8) is 0 Å². The number of ether oxygens (including phenoxy) is 2. The van der Waals surface area contributed by atoms with Gasteiger partial charge in [-0.15, -0.1) is 0 Å². The molecule has 1 fully saturated rings. The number of ketones is 1. The van der Waals surface area contributed by atoms with E-state index in [2.05, 4.69) is 0 Å². The summed E-state index contributed by atoms with van der Waals surface area (Å²) in [6.45, 7) is 2.15. The lowest BCUT2D eigenvalue weighted by Crippen LogP contribution is -2.29. The van der Waals surface area contributed by atoms with Gasteiger partial charge in [0.05, 0.1) is 31.4 Å². The van der Waals surface area contributed by atoms with Gasteiger partial charge in [0.25, 0.3) is 11.7 Å². The van der Waals surface area contributed by atoms with Gasteiger partial charge < -0.3 is 19.5 Å². The highest BCUT2D eigenvalue weighted by atomic mass is 16.5. The average Bonchev–Trinajstić information content (AvgIpc) is 3.09. The Morgan fingerprint density at radius 2 is 1.67 bits per heavy atom. The Morgan fingerprint density at radius 1 is 0.939 bits per heavy atom. The third kappa shape index (κ3) is 4.20. The minimum Gasteiger partial charge on any atom is -0.507 e. The summed E-state index contributed by atoms with van der Waals surface area (Å²) >= 11 is 0. The SMILES string of the molecule is COc1ccc(CN2C(=O)C(=O)/C(=C(\O)c3ccccc3OC)C2c2cccc(C)c2)cc1. The van der Waals surface area contributed by atoms with E-state index in [4.69, 9.17) is 9.47 Å². The number of hydrogen-bond donors (Lipinski definition) is 1. The van der Waals surface area contributed by atoms with Gasteiger partial charge >= 0.3 is 0 Å². The van der Waals surface area contributed by atoms with Crippen LogP contribution in [0.5, 0.6) is 11.5 Å². The second kappa shape index (κ2) is 9.20. The summed E-state index contributed by atoms with van der Waals surface area (Å²) in [7, 11) is 3.08. The number of methoxy groups -OCH3 is 2. The van der Waals surface area contributed by atoms with Crippen molar-refractivity contribution in [2.45, 2.75) is 19.5 Å². The Bertz CT molecular complexity index is 1230. The molecule has 1 N–H and O–H groups in total. The number of rotatable bonds is 6.